The van der Waals surface area contributed by atoms with Gasteiger partial charge in [0.15, 0.2) is 0 Å². The van der Waals surface area contributed by atoms with E-state index in [4.69, 9.17) is 11.6 Å². The Kier molecular flexibility index (Phi) is 5.58. The normalized spacial score (nSPS) is 14.1. The van der Waals surface area contributed by atoms with Crippen molar-refractivity contribution in [1.82, 2.24) is 4.98 Å². The van der Waals surface area contributed by atoms with Crippen LogP contribution in [0.2, 0.25) is 5.02 Å². The second kappa shape index (κ2) is 6.71. The van der Waals surface area contributed by atoms with E-state index in [2.05, 4.69) is 9.72 Å². The highest BCUT2D eigenvalue weighted by Crippen LogP contribution is 2.17. The van der Waals surface area contributed by atoms with Crippen LogP contribution in [0.5, 0.6) is 0 Å². The number of pyridine rings is 1. The molecule has 0 spiro atoms. The van der Waals surface area contributed by atoms with Crippen molar-refractivity contribution in [3.05, 3.63) is 29.0 Å². The lowest BCUT2D eigenvalue weighted by Gasteiger charge is -2.10. The predicted molar refractivity (Wildman–Crippen MR) is 67.2 cm³/mol. The fourth-order valence-corrected chi connectivity index (χ4v) is 2.66. The van der Waals surface area contributed by atoms with Gasteiger partial charge in [-0.15, -0.1) is 0 Å². The number of carbonyl (C=O) groups excluding carboxylic acids is 1. The van der Waals surface area contributed by atoms with E-state index in [0.29, 0.717) is 10.8 Å². The molecule has 2 unspecified atom stereocenters. The molecule has 1 rings (SSSR count). The molecular formula is C11H14ClNO3S. The molecule has 1 heterocycles. The Labute approximate surface area is 108 Å². The summed E-state index contributed by atoms with van der Waals surface area (Å²) in [4.78, 5) is 14.9. The molecule has 94 valence electrons. The molecule has 1 aromatic rings. The number of nitrogens with zero attached hydrogens (tertiary/aromatic N) is 1. The molecule has 17 heavy (non-hydrogen) atoms. The molecule has 6 heteroatoms. The zero-order chi connectivity index (χ0) is 12.8. The third kappa shape index (κ3) is 4.44. The smallest absolute Gasteiger partial charge is 0.306 e. The van der Waals surface area contributed by atoms with E-state index in [9.17, 15) is 9.00 Å². The van der Waals surface area contributed by atoms with Gasteiger partial charge in [0.1, 0.15) is 0 Å². The van der Waals surface area contributed by atoms with Gasteiger partial charge in [0.05, 0.1) is 24.3 Å². The minimum absolute atomic E-state index is 0.145. The monoisotopic (exact) mass is 275 g/mol. The first-order valence-corrected chi connectivity index (χ1v) is 6.83. The van der Waals surface area contributed by atoms with Crippen LogP contribution >= 0.6 is 11.6 Å². The third-order valence-electron chi connectivity index (χ3n) is 2.28. The SMILES string of the molecule is COC(=O)CC(C)S(=O)Cc1ccncc1Cl. The zero-order valence-electron chi connectivity index (χ0n) is 9.68. The fraction of sp³-hybridized carbons (Fsp3) is 0.455. The summed E-state index contributed by atoms with van der Waals surface area (Å²) in [6.45, 7) is 1.75. The molecule has 0 aliphatic heterocycles. The van der Waals surface area contributed by atoms with E-state index in [1.54, 1.807) is 19.2 Å². The molecule has 0 amide bonds. The molecule has 0 fully saturated rings. The van der Waals surface area contributed by atoms with Gasteiger partial charge in [-0.05, 0) is 11.6 Å². The number of halogens is 1. The van der Waals surface area contributed by atoms with E-state index in [0.717, 1.165) is 5.56 Å². The summed E-state index contributed by atoms with van der Waals surface area (Å²) in [5.74, 6) is -0.0360. The van der Waals surface area contributed by atoms with E-state index in [1.165, 1.54) is 13.3 Å². The van der Waals surface area contributed by atoms with Crippen molar-refractivity contribution in [3.63, 3.8) is 0 Å². The molecule has 0 radical (unpaired) electrons. The second-order valence-electron chi connectivity index (χ2n) is 3.58. The molecule has 2 atom stereocenters. The molecule has 0 bridgehead atoms. The standard InChI is InChI=1S/C11H14ClNO3S/c1-8(5-11(14)16-2)17(15)7-9-3-4-13-6-10(9)12/h3-4,6,8H,5,7H2,1-2H3. The van der Waals surface area contributed by atoms with E-state index < -0.39 is 10.8 Å². The number of carbonyl (C=O) groups is 1. The summed E-state index contributed by atoms with van der Waals surface area (Å²) in [5, 5.41) is 0.234. The summed E-state index contributed by atoms with van der Waals surface area (Å²) in [6.07, 6.45) is 3.26. The maximum Gasteiger partial charge on any atom is 0.306 e. The number of rotatable bonds is 5. The first-order valence-electron chi connectivity index (χ1n) is 5.07. The largest absolute Gasteiger partial charge is 0.469 e. The lowest BCUT2D eigenvalue weighted by atomic mass is 10.3. The van der Waals surface area contributed by atoms with Crippen LogP contribution in [-0.4, -0.2) is 27.5 Å². The summed E-state index contributed by atoms with van der Waals surface area (Å²) in [7, 11) is 0.156. The first-order chi connectivity index (χ1) is 8.04. The van der Waals surface area contributed by atoms with Crippen molar-refractivity contribution < 1.29 is 13.7 Å². The van der Waals surface area contributed by atoms with Gasteiger partial charge in [-0.3, -0.25) is 14.0 Å². The van der Waals surface area contributed by atoms with E-state index >= 15 is 0 Å². The molecule has 0 saturated carbocycles. The minimum Gasteiger partial charge on any atom is -0.469 e. The van der Waals surface area contributed by atoms with Crippen molar-refractivity contribution >= 4 is 28.4 Å². The first kappa shape index (κ1) is 14.1. The van der Waals surface area contributed by atoms with Crippen LogP contribution in [0, 0.1) is 0 Å². The van der Waals surface area contributed by atoms with Crippen LogP contribution in [0.3, 0.4) is 0 Å². The van der Waals surface area contributed by atoms with Gasteiger partial charge >= 0.3 is 5.97 Å². The van der Waals surface area contributed by atoms with Crippen LogP contribution in [0.25, 0.3) is 0 Å². The van der Waals surface area contributed by atoms with Gasteiger partial charge in [0.2, 0.25) is 0 Å². The summed E-state index contributed by atoms with van der Waals surface area (Å²) in [5.41, 5.74) is 0.775. The van der Waals surface area contributed by atoms with Crippen molar-refractivity contribution in [2.45, 2.75) is 24.3 Å². The van der Waals surface area contributed by atoms with Crippen molar-refractivity contribution in [2.75, 3.05) is 7.11 Å². The Hall–Kier alpha value is -0.940. The molecule has 0 aliphatic rings. The van der Waals surface area contributed by atoms with Gasteiger partial charge in [-0.25, -0.2) is 0 Å². The predicted octanol–water partition coefficient (Wildman–Crippen LogP) is 1.94. The van der Waals surface area contributed by atoms with Crippen molar-refractivity contribution in [2.24, 2.45) is 0 Å². The lowest BCUT2D eigenvalue weighted by molar-refractivity contribution is -0.140. The van der Waals surface area contributed by atoms with Crippen LogP contribution in [-0.2, 0) is 26.1 Å². The van der Waals surface area contributed by atoms with Gasteiger partial charge in [-0.1, -0.05) is 18.5 Å². The number of esters is 1. The van der Waals surface area contributed by atoms with Crippen molar-refractivity contribution in [1.29, 1.82) is 0 Å². The summed E-state index contributed by atoms with van der Waals surface area (Å²) >= 11 is 5.92. The quantitative estimate of drug-likeness (QED) is 0.771. The van der Waals surface area contributed by atoms with Gasteiger partial charge in [0, 0.05) is 28.4 Å². The van der Waals surface area contributed by atoms with Crippen LogP contribution in [0.15, 0.2) is 18.5 Å². The number of aromatic nitrogens is 1. The molecule has 0 saturated heterocycles. The topological polar surface area (TPSA) is 56.3 Å². The highest BCUT2D eigenvalue weighted by Gasteiger charge is 2.17. The Bertz CT molecular complexity index is 425. The summed E-state index contributed by atoms with van der Waals surface area (Å²) < 4.78 is 16.5. The Morgan fingerprint density at radius 3 is 2.94 bits per heavy atom. The average Bonchev–Trinajstić information content (AvgIpc) is 2.31. The Morgan fingerprint density at radius 1 is 1.65 bits per heavy atom. The van der Waals surface area contributed by atoms with E-state index in [-0.39, 0.29) is 17.6 Å². The number of hydrogen-bond acceptors (Lipinski definition) is 4. The van der Waals surface area contributed by atoms with Gasteiger partial charge < -0.3 is 4.74 Å². The molecule has 1 aromatic heterocycles. The fourth-order valence-electron chi connectivity index (χ4n) is 1.23. The van der Waals surface area contributed by atoms with Gasteiger partial charge in [0.25, 0.3) is 0 Å². The van der Waals surface area contributed by atoms with Crippen LogP contribution < -0.4 is 0 Å². The van der Waals surface area contributed by atoms with Crippen LogP contribution in [0.1, 0.15) is 18.9 Å². The van der Waals surface area contributed by atoms with E-state index in [1.807, 2.05) is 0 Å². The lowest BCUT2D eigenvalue weighted by Crippen LogP contribution is -2.18. The van der Waals surface area contributed by atoms with Crippen LogP contribution in [0.4, 0.5) is 0 Å². The minimum atomic E-state index is -1.16. The molecule has 0 aromatic carbocycles. The highest BCUT2D eigenvalue weighted by molar-refractivity contribution is 7.84. The number of hydrogen-bond donors (Lipinski definition) is 0. The van der Waals surface area contributed by atoms with Crippen molar-refractivity contribution in [3.8, 4) is 0 Å². The maximum atomic E-state index is 11.9. The highest BCUT2D eigenvalue weighted by atomic mass is 35.5. The van der Waals surface area contributed by atoms with Gasteiger partial charge in [-0.2, -0.15) is 0 Å². The summed E-state index contributed by atoms with van der Waals surface area (Å²) in [6, 6.07) is 1.73. The second-order valence-corrected chi connectivity index (χ2v) is 5.85. The molecular weight excluding hydrogens is 262 g/mol. The Balaban J connectivity index is 2.60. The molecule has 0 aliphatic carbocycles. The molecule has 0 N–H and O–H groups in total. The molecule has 4 nitrogen and oxygen atoms in total. The average molecular weight is 276 g/mol. The Morgan fingerprint density at radius 2 is 2.35 bits per heavy atom. The zero-order valence-corrected chi connectivity index (χ0v) is 11.3. The number of methoxy groups -OCH3 is 1. The number of ether oxygens (including phenoxy) is 1. The maximum absolute atomic E-state index is 11.9. The third-order valence-corrected chi connectivity index (χ3v) is 4.28.